The van der Waals surface area contributed by atoms with Crippen LogP contribution in [0, 0.1) is 5.92 Å². The smallest absolute Gasteiger partial charge is 0.225 e. The quantitative estimate of drug-likeness (QED) is 0.335. The number of anilines is 1. The van der Waals surface area contributed by atoms with Crippen LogP contribution in [0.15, 0.2) is 23.5 Å². The second-order valence-electron chi connectivity index (χ2n) is 7.40. The molecule has 2 fully saturated rings. The predicted octanol–water partition coefficient (Wildman–Crippen LogP) is 2.17. The van der Waals surface area contributed by atoms with Gasteiger partial charge in [0.2, 0.25) is 5.95 Å². The van der Waals surface area contributed by atoms with E-state index in [1.54, 1.807) is 19.4 Å². The van der Waals surface area contributed by atoms with Crippen molar-refractivity contribution in [3.8, 4) is 0 Å². The monoisotopic (exact) mass is 488 g/mol. The summed E-state index contributed by atoms with van der Waals surface area (Å²) < 4.78 is 0. The second-order valence-corrected chi connectivity index (χ2v) is 7.40. The van der Waals surface area contributed by atoms with E-state index >= 15 is 0 Å². The molecule has 2 atom stereocenters. The number of rotatable bonds is 5. The first-order chi connectivity index (χ1) is 12.8. The normalized spacial score (nSPS) is 22.7. The van der Waals surface area contributed by atoms with Crippen LogP contribution in [-0.4, -0.2) is 59.9 Å². The second kappa shape index (κ2) is 11.6. The third-order valence-electron chi connectivity index (χ3n) is 5.49. The van der Waals surface area contributed by atoms with E-state index in [1.165, 1.54) is 19.3 Å². The van der Waals surface area contributed by atoms with Crippen LogP contribution in [0.1, 0.15) is 44.9 Å². The molecule has 3 rings (SSSR count). The molecule has 8 heteroatoms. The molecule has 2 aliphatic rings. The van der Waals surface area contributed by atoms with Gasteiger partial charge in [0, 0.05) is 45.1 Å². The van der Waals surface area contributed by atoms with Gasteiger partial charge in [0.1, 0.15) is 0 Å². The molecule has 1 aromatic rings. The van der Waals surface area contributed by atoms with Crippen LogP contribution in [0.2, 0.25) is 0 Å². The Morgan fingerprint density at radius 2 is 1.96 bits per heavy atom. The van der Waals surface area contributed by atoms with Gasteiger partial charge in [-0.15, -0.1) is 24.0 Å². The first-order valence-electron chi connectivity index (χ1n) is 9.93. The molecule has 0 bridgehead atoms. The Morgan fingerprint density at radius 3 is 2.67 bits per heavy atom. The van der Waals surface area contributed by atoms with Crippen LogP contribution in [-0.2, 0) is 0 Å². The molecule has 2 unspecified atom stereocenters. The summed E-state index contributed by atoms with van der Waals surface area (Å²) in [4.78, 5) is 15.3. The number of aliphatic hydroxyl groups is 1. The van der Waals surface area contributed by atoms with Crippen LogP contribution >= 0.6 is 24.0 Å². The van der Waals surface area contributed by atoms with E-state index in [4.69, 9.17) is 0 Å². The fourth-order valence-electron chi connectivity index (χ4n) is 4.01. The van der Waals surface area contributed by atoms with Crippen LogP contribution in [0.5, 0.6) is 0 Å². The average molecular weight is 488 g/mol. The molecule has 1 aromatic heterocycles. The first kappa shape index (κ1) is 22.1. The molecule has 0 amide bonds. The summed E-state index contributed by atoms with van der Waals surface area (Å²) >= 11 is 0. The molecule has 3 N–H and O–H groups in total. The van der Waals surface area contributed by atoms with Crippen molar-refractivity contribution >= 4 is 35.9 Å². The summed E-state index contributed by atoms with van der Waals surface area (Å²) in [5.74, 6) is 1.98. The third-order valence-corrected chi connectivity index (χ3v) is 5.49. The lowest BCUT2D eigenvalue weighted by Gasteiger charge is -2.34. The van der Waals surface area contributed by atoms with Crippen molar-refractivity contribution in [3.63, 3.8) is 0 Å². The molecule has 1 aliphatic carbocycles. The number of piperidine rings is 1. The number of halogens is 1. The van der Waals surface area contributed by atoms with Crippen molar-refractivity contribution in [3.05, 3.63) is 18.5 Å². The summed E-state index contributed by atoms with van der Waals surface area (Å²) in [6.45, 7) is 2.40. The van der Waals surface area contributed by atoms with Gasteiger partial charge in [0.25, 0.3) is 0 Å². The van der Waals surface area contributed by atoms with Gasteiger partial charge >= 0.3 is 0 Å². The highest BCUT2D eigenvalue weighted by Crippen LogP contribution is 2.26. The van der Waals surface area contributed by atoms with E-state index in [9.17, 15) is 5.11 Å². The highest BCUT2D eigenvalue weighted by atomic mass is 127. The van der Waals surface area contributed by atoms with Crippen LogP contribution in [0.25, 0.3) is 0 Å². The van der Waals surface area contributed by atoms with E-state index in [1.807, 2.05) is 6.07 Å². The number of hydrogen-bond acceptors (Lipinski definition) is 5. The molecule has 1 aliphatic heterocycles. The number of aliphatic imine (C=N–C) groups is 1. The molecular formula is C19H33IN6O. The zero-order chi connectivity index (χ0) is 18.2. The Balaban J connectivity index is 0.00000261. The Labute approximate surface area is 179 Å². The van der Waals surface area contributed by atoms with Crippen molar-refractivity contribution in [2.75, 3.05) is 31.6 Å². The van der Waals surface area contributed by atoms with Gasteiger partial charge in [-0.2, -0.15) is 0 Å². The van der Waals surface area contributed by atoms with Gasteiger partial charge in [-0.25, -0.2) is 9.97 Å². The summed E-state index contributed by atoms with van der Waals surface area (Å²) in [7, 11) is 1.78. The Kier molecular flexibility index (Phi) is 9.53. The lowest BCUT2D eigenvalue weighted by molar-refractivity contribution is 0.0879. The van der Waals surface area contributed by atoms with Crippen molar-refractivity contribution in [2.24, 2.45) is 10.9 Å². The van der Waals surface area contributed by atoms with Crippen molar-refractivity contribution < 1.29 is 5.11 Å². The Bertz CT molecular complexity index is 567. The minimum atomic E-state index is -0.297. The summed E-state index contributed by atoms with van der Waals surface area (Å²) in [5.41, 5.74) is 0. The van der Waals surface area contributed by atoms with Gasteiger partial charge in [0.05, 0.1) is 6.10 Å². The Morgan fingerprint density at radius 1 is 1.22 bits per heavy atom. The number of hydrogen-bond donors (Lipinski definition) is 3. The highest BCUT2D eigenvalue weighted by Gasteiger charge is 2.24. The molecular weight excluding hydrogens is 455 g/mol. The minimum Gasteiger partial charge on any atom is -0.391 e. The summed E-state index contributed by atoms with van der Waals surface area (Å²) in [6, 6.07) is 2.14. The maximum Gasteiger partial charge on any atom is 0.225 e. The number of nitrogens with one attached hydrogen (secondary N) is 2. The molecule has 152 valence electrons. The van der Waals surface area contributed by atoms with Gasteiger partial charge in [-0.3, -0.25) is 4.99 Å². The van der Waals surface area contributed by atoms with Gasteiger partial charge in [0.15, 0.2) is 5.96 Å². The molecule has 1 saturated heterocycles. The number of guanidine groups is 1. The third kappa shape index (κ3) is 6.74. The fraction of sp³-hybridized carbons (Fsp3) is 0.737. The zero-order valence-corrected chi connectivity index (χ0v) is 18.5. The van der Waals surface area contributed by atoms with Crippen molar-refractivity contribution in [1.29, 1.82) is 0 Å². The largest absolute Gasteiger partial charge is 0.391 e. The van der Waals surface area contributed by atoms with Gasteiger partial charge < -0.3 is 20.6 Å². The van der Waals surface area contributed by atoms with E-state index in [0.29, 0.717) is 18.5 Å². The number of aromatic nitrogens is 2. The fourth-order valence-corrected chi connectivity index (χ4v) is 4.01. The molecule has 0 spiro atoms. The molecule has 27 heavy (non-hydrogen) atoms. The summed E-state index contributed by atoms with van der Waals surface area (Å²) in [5, 5.41) is 17.2. The minimum absolute atomic E-state index is 0. The number of nitrogens with zero attached hydrogens (tertiary/aromatic N) is 4. The van der Waals surface area contributed by atoms with Crippen LogP contribution < -0.4 is 15.5 Å². The lowest BCUT2D eigenvalue weighted by atomic mass is 9.85. The number of aliphatic hydroxyl groups excluding tert-OH is 1. The lowest BCUT2D eigenvalue weighted by Crippen LogP contribution is -2.52. The average Bonchev–Trinajstić information content (AvgIpc) is 2.72. The highest BCUT2D eigenvalue weighted by molar-refractivity contribution is 14.0. The van der Waals surface area contributed by atoms with E-state index in [0.717, 1.165) is 50.7 Å². The molecule has 0 aromatic carbocycles. The topological polar surface area (TPSA) is 85.7 Å². The van der Waals surface area contributed by atoms with Crippen LogP contribution in [0.3, 0.4) is 0 Å². The maximum absolute atomic E-state index is 10.4. The Hall–Kier alpha value is -1.16. The molecule has 2 heterocycles. The molecule has 7 nitrogen and oxygen atoms in total. The summed E-state index contributed by atoms with van der Waals surface area (Å²) in [6.07, 6.45) is 11.5. The van der Waals surface area contributed by atoms with E-state index in [2.05, 4.69) is 30.5 Å². The van der Waals surface area contributed by atoms with Crippen molar-refractivity contribution in [2.45, 2.75) is 57.1 Å². The van der Waals surface area contributed by atoms with E-state index in [-0.39, 0.29) is 30.1 Å². The predicted molar refractivity (Wildman–Crippen MR) is 120 cm³/mol. The van der Waals surface area contributed by atoms with Crippen molar-refractivity contribution in [1.82, 2.24) is 20.6 Å². The standard InChI is InChI=1S/C19H32N6O.HI/c1-20-18(23-13-17(26)15-7-3-2-4-8-15)24-16-9-5-12-25(14-16)19-21-10-6-11-22-19;/h6,10-11,15-17,26H,2-5,7-9,12-14H2,1H3,(H2,20,23,24);1H. The maximum atomic E-state index is 10.4. The first-order valence-corrected chi connectivity index (χ1v) is 9.93. The van der Waals surface area contributed by atoms with E-state index < -0.39 is 0 Å². The van der Waals surface area contributed by atoms with Gasteiger partial charge in [-0.05, 0) is 37.7 Å². The van der Waals surface area contributed by atoms with Crippen LogP contribution in [0.4, 0.5) is 5.95 Å². The molecule has 0 radical (unpaired) electrons. The SMILES string of the molecule is CN=C(NCC(O)C1CCCCC1)NC1CCCN(c2ncccn2)C1.I. The zero-order valence-electron chi connectivity index (χ0n) is 16.2. The molecule has 1 saturated carbocycles. The van der Waals surface area contributed by atoms with Gasteiger partial charge in [-0.1, -0.05) is 19.3 Å².